The molecule has 0 radical (unpaired) electrons. The first kappa shape index (κ1) is 19.5. The van der Waals surface area contributed by atoms with Crippen molar-refractivity contribution in [3.05, 3.63) is 71.3 Å². The second kappa shape index (κ2) is 9.02. The molecule has 134 valence electrons. The highest BCUT2D eigenvalue weighted by Gasteiger charge is 2.27. The molecule has 1 aliphatic heterocycles. The van der Waals surface area contributed by atoms with Crippen molar-refractivity contribution in [1.82, 2.24) is 10.6 Å². The molecule has 1 heterocycles. The van der Waals surface area contributed by atoms with Gasteiger partial charge in [0.25, 0.3) is 5.91 Å². The second-order valence-corrected chi connectivity index (χ2v) is 7.06. The predicted octanol–water partition coefficient (Wildman–Crippen LogP) is 3.82. The van der Waals surface area contributed by atoms with Crippen LogP contribution >= 0.6 is 12.4 Å². The third-order valence-electron chi connectivity index (χ3n) is 4.99. The first-order valence-corrected chi connectivity index (χ1v) is 8.77. The molecule has 1 aliphatic rings. The van der Waals surface area contributed by atoms with Gasteiger partial charge in [-0.3, -0.25) is 4.79 Å². The number of carbonyl (C=O) groups is 1. The maximum Gasteiger partial charge on any atom is 0.251 e. The average molecular weight is 359 g/mol. The Morgan fingerprint density at radius 2 is 1.68 bits per heavy atom. The lowest BCUT2D eigenvalue weighted by atomic mass is 9.81. The van der Waals surface area contributed by atoms with E-state index in [0.29, 0.717) is 0 Å². The molecular weight excluding hydrogens is 332 g/mol. The SMILES string of the molecule is CC1(CNC(=O)c2ccccc2Cc2ccccc2)CCNCC1.Cl. The molecule has 1 fully saturated rings. The molecule has 3 rings (SSSR count). The van der Waals surface area contributed by atoms with E-state index < -0.39 is 0 Å². The van der Waals surface area contributed by atoms with E-state index in [4.69, 9.17) is 0 Å². The molecule has 1 saturated heterocycles. The molecule has 2 aromatic rings. The van der Waals surface area contributed by atoms with Crippen LogP contribution in [0.3, 0.4) is 0 Å². The zero-order valence-corrected chi connectivity index (χ0v) is 15.6. The van der Waals surface area contributed by atoms with Crippen LogP contribution in [0.4, 0.5) is 0 Å². The minimum atomic E-state index is 0. The molecule has 0 unspecified atom stereocenters. The number of halogens is 1. The Balaban J connectivity index is 0.00000225. The van der Waals surface area contributed by atoms with Crippen molar-refractivity contribution < 1.29 is 4.79 Å². The second-order valence-electron chi connectivity index (χ2n) is 7.06. The third kappa shape index (κ3) is 5.32. The summed E-state index contributed by atoms with van der Waals surface area (Å²) in [6.07, 6.45) is 3.00. The van der Waals surface area contributed by atoms with Crippen molar-refractivity contribution in [2.75, 3.05) is 19.6 Å². The highest BCUT2D eigenvalue weighted by atomic mass is 35.5. The average Bonchev–Trinajstić information content (AvgIpc) is 2.62. The lowest BCUT2D eigenvalue weighted by Crippen LogP contribution is -2.43. The van der Waals surface area contributed by atoms with E-state index in [1.807, 2.05) is 42.5 Å². The number of hydrogen-bond donors (Lipinski definition) is 2. The predicted molar refractivity (Wildman–Crippen MR) is 105 cm³/mol. The number of amides is 1. The van der Waals surface area contributed by atoms with E-state index in [2.05, 4.69) is 29.7 Å². The van der Waals surface area contributed by atoms with Gasteiger partial charge in [0.1, 0.15) is 0 Å². The topological polar surface area (TPSA) is 41.1 Å². The number of carbonyl (C=O) groups excluding carboxylic acids is 1. The Morgan fingerprint density at radius 3 is 2.40 bits per heavy atom. The number of nitrogens with one attached hydrogen (secondary N) is 2. The van der Waals surface area contributed by atoms with Gasteiger partial charge in [0.15, 0.2) is 0 Å². The summed E-state index contributed by atoms with van der Waals surface area (Å²) in [6, 6.07) is 18.2. The van der Waals surface area contributed by atoms with Crippen molar-refractivity contribution in [2.24, 2.45) is 5.41 Å². The molecule has 0 aliphatic carbocycles. The van der Waals surface area contributed by atoms with Crippen LogP contribution in [0.5, 0.6) is 0 Å². The highest BCUT2D eigenvalue weighted by Crippen LogP contribution is 2.27. The van der Waals surface area contributed by atoms with E-state index in [0.717, 1.165) is 50.0 Å². The number of hydrogen-bond acceptors (Lipinski definition) is 2. The molecule has 3 nitrogen and oxygen atoms in total. The minimum absolute atomic E-state index is 0. The lowest BCUT2D eigenvalue weighted by molar-refractivity contribution is 0.0921. The molecule has 25 heavy (non-hydrogen) atoms. The monoisotopic (exact) mass is 358 g/mol. The summed E-state index contributed by atoms with van der Waals surface area (Å²) >= 11 is 0. The molecule has 4 heteroatoms. The summed E-state index contributed by atoms with van der Waals surface area (Å²) < 4.78 is 0. The fourth-order valence-electron chi connectivity index (χ4n) is 3.31. The van der Waals surface area contributed by atoms with Crippen molar-refractivity contribution in [1.29, 1.82) is 0 Å². The fraction of sp³-hybridized carbons (Fsp3) is 0.381. The molecule has 2 aromatic carbocycles. The van der Waals surface area contributed by atoms with Crippen molar-refractivity contribution in [3.8, 4) is 0 Å². The third-order valence-corrected chi connectivity index (χ3v) is 4.99. The summed E-state index contributed by atoms with van der Waals surface area (Å²) in [5.41, 5.74) is 3.30. The molecule has 1 amide bonds. The number of rotatable bonds is 5. The summed E-state index contributed by atoms with van der Waals surface area (Å²) in [5, 5.41) is 6.55. The van der Waals surface area contributed by atoms with E-state index >= 15 is 0 Å². The van der Waals surface area contributed by atoms with Gasteiger partial charge >= 0.3 is 0 Å². The van der Waals surface area contributed by atoms with Gasteiger partial charge in [-0.05, 0) is 55.0 Å². The van der Waals surface area contributed by atoms with E-state index in [1.165, 1.54) is 5.56 Å². The fourth-order valence-corrected chi connectivity index (χ4v) is 3.31. The van der Waals surface area contributed by atoms with Crippen molar-refractivity contribution >= 4 is 18.3 Å². The Hall–Kier alpha value is -1.84. The van der Waals surface area contributed by atoms with Gasteiger partial charge in [0.2, 0.25) is 0 Å². The molecule has 0 saturated carbocycles. The van der Waals surface area contributed by atoms with Gasteiger partial charge in [0.05, 0.1) is 0 Å². The molecular formula is C21H27ClN2O. The smallest absolute Gasteiger partial charge is 0.251 e. The van der Waals surface area contributed by atoms with Crippen molar-refractivity contribution in [3.63, 3.8) is 0 Å². The Kier molecular flexibility index (Phi) is 7.03. The van der Waals surface area contributed by atoms with Crippen LogP contribution in [0.25, 0.3) is 0 Å². The van der Waals surface area contributed by atoms with Crippen LogP contribution < -0.4 is 10.6 Å². The highest BCUT2D eigenvalue weighted by molar-refractivity contribution is 5.95. The van der Waals surface area contributed by atoms with Crippen LogP contribution in [0.15, 0.2) is 54.6 Å². The summed E-state index contributed by atoms with van der Waals surface area (Å²) in [5.74, 6) is 0.0429. The maximum absolute atomic E-state index is 12.7. The maximum atomic E-state index is 12.7. The van der Waals surface area contributed by atoms with Gasteiger partial charge in [-0.15, -0.1) is 12.4 Å². The molecule has 0 spiro atoms. The van der Waals surface area contributed by atoms with Crippen LogP contribution in [-0.4, -0.2) is 25.5 Å². The van der Waals surface area contributed by atoms with Crippen LogP contribution in [-0.2, 0) is 6.42 Å². The first-order valence-electron chi connectivity index (χ1n) is 8.77. The van der Waals surface area contributed by atoms with Gasteiger partial charge in [0, 0.05) is 12.1 Å². The minimum Gasteiger partial charge on any atom is -0.351 e. The van der Waals surface area contributed by atoms with Gasteiger partial charge in [-0.1, -0.05) is 55.5 Å². The number of benzene rings is 2. The van der Waals surface area contributed by atoms with Gasteiger partial charge in [-0.2, -0.15) is 0 Å². The van der Waals surface area contributed by atoms with E-state index in [9.17, 15) is 4.79 Å². The summed E-state index contributed by atoms with van der Waals surface area (Å²) in [7, 11) is 0. The standard InChI is InChI=1S/C21H26N2O.ClH/c1-21(11-13-22-14-12-21)16-23-20(24)19-10-6-5-9-18(19)15-17-7-3-2-4-8-17;/h2-10,22H,11-16H2,1H3,(H,23,24);1H. The zero-order valence-electron chi connectivity index (χ0n) is 14.8. The first-order chi connectivity index (χ1) is 11.7. The summed E-state index contributed by atoms with van der Waals surface area (Å²) in [6.45, 7) is 5.09. The van der Waals surface area contributed by atoms with Crippen LogP contribution in [0.1, 0.15) is 41.3 Å². The normalized spacial score (nSPS) is 15.9. The Morgan fingerprint density at radius 1 is 1.04 bits per heavy atom. The molecule has 0 atom stereocenters. The Bertz CT molecular complexity index is 681. The molecule has 0 bridgehead atoms. The van der Waals surface area contributed by atoms with Crippen molar-refractivity contribution in [2.45, 2.75) is 26.2 Å². The molecule has 2 N–H and O–H groups in total. The van der Waals surface area contributed by atoms with Crippen LogP contribution in [0.2, 0.25) is 0 Å². The molecule has 0 aromatic heterocycles. The zero-order chi connectivity index (χ0) is 16.8. The van der Waals surface area contributed by atoms with E-state index in [-0.39, 0.29) is 23.7 Å². The van der Waals surface area contributed by atoms with Crippen LogP contribution in [0, 0.1) is 5.41 Å². The number of piperidine rings is 1. The lowest BCUT2D eigenvalue weighted by Gasteiger charge is -2.34. The van der Waals surface area contributed by atoms with Gasteiger partial charge < -0.3 is 10.6 Å². The van der Waals surface area contributed by atoms with Gasteiger partial charge in [-0.25, -0.2) is 0 Å². The quantitative estimate of drug-likeness (QED) is 0.853. The largest absolute Gasteiger partial charge is 0.351 e. The Labute approximate surface area is 156 Å². The summed E-state index contributed by atoms with van der Waals surface area (Å²) in [4.78, 5) is 12.7. The van der Waals surface area contributed by atoms with E-state index in [1.54, 1.807) is 0 Å².